The molecular formula is C26H29N3O3S. The molecule has 0 fully saturated rings. The van der Waals surface area contributed by atoms with Gasteiger partial charge in [0.05, 0.1) is 18.2 Å². The van der Waals surface area contributed by atoms with Crippen LogP contribution in [0.1, 0.15) is 48.3 Å². The normalized spacial score (nSPS) is 13.5. The zero-order chi connectivity index (χ0) is 23.6. The van der Waals surface area contributed by atoms with E-state index in [0.717, 1.165) is 21.6 Å². The third-order valence-electron chi connectivity index (χ3n) is 5.51. The second kappa shape index (κ2) is 9.27. The lowest BCUT2D eigenvalue weighted by Gasteiger charge is -2.30. The molecule has 3 N–H and O–H groups in total. The number of thiophene rings is 1. The third kappa shape index (κ3) is 5.20. The Balaban J connectivity index is 1.56. The minimum Gasteiger partial charge on any atom is -0.444 e. The standard InChI is InChI=1S/C26H29N3O3S/c1-26(2,3)32-25(31)29-15-14-19-20(16-29)33-24(22(19)27)28-23(30)21(17-10-6-4-7-11-17)18-12-8-5-9-13-18/h4-13,21H,14-16,27H2,1-3H3,(H,28,30). The van der Waals surface area contributed by atoms with E-state index in [2.05, 4.69) is 5.32 Å². The molecule has 2 heterocycles. The van der Waals surface area contributed by atoms with Gasteiger partial charge in [0.1, 0.15) is 10.6 Å². The summed E-state index contributed by atoms with van der Waals surface area (Å²) >= 11 is 1.43. The zero-order valence-corrected chi connectivity index (χ0v) is 19.9. The highest BCUT2D eigenvalue weighted by atomic mass is 32.1. The Morgan fingerprint density at radius 3 is 2.15 bits per heavy atom. The van der Waals surface area contributed by atoms with Gasteiger partial charge in [-0.25, -0.2) is 4.79 Å². The number of nitrogens with one attached hydrogen (secondary N) is 1. The van der Waals surface area contributed by atoms with Crippen LogP contribution in [0.25, 0.3) is 0 Å². The van der Waals surface area contributed by atoms with Crippen molar-refractivity contribution in [1.82, 2.24) is 4.90 Å². The molecule has 1 aliphatic heterocycles. The Labute approximate surface area is 198 Å². The van der Waals surface area contributed by atoms with Gasteiger partial charge in [0.2, 0.25) is 5.91 Å². The summed E-state index contributed by atoms with van der Waals surface area (Å²) in [4.78, 5) is 28.6. The Morgan fingerprint density at radius 1 is 1.03 bits per heavy atom. The van der Waals surface area contributed by atoms with Crippen LogP contribution < -0.4 is 11.1 Å². The lowest BCUT2D eigenvalue weighted by Crippen LogP contribution is -2.39. The smallest absolute Gasteiger partial charge is 0.410 e. The van der Waals surface area contributed by atoms with Crippen LogP contribution in [-0.4, -0.2) is 29.0 Å². The molecule has 0 spiro atoms. The van der Waals surface area contributed by atoms with Crippen LogP contribution in [0.5, 0.6) is 0 Å². The third-order valence-corrected chi connectivity index (χ3v) is 6.66. The highest BCUT2D eigenvalue weighted by Crippen LogP contribution is 2.40. The topological polar surface area (TPSA) is 84.7 Å². The first-order chi connectivity index (χ1) is 15.7. The SMILES string of the molecule is CC(C)(C)OC(=O)N1CCc2c(sc(NC(=O)C(c3ccccc3)c3ccccc3)c2N)C1. The Kier molecular flexibility index (Phi) is 6.42. The van der Waals surface area contributed by atoms with E-state index in [0.29, 0.717) is 30.2 Å². The number of hydrogen-bond donors (Lipinski definition) is 2. The maximum atomic E-state index is 13.5. The minimum absolute atomic E-state index is 0.137. The fourth-order valence-electron chi connectivity index (χ4n) is 3.97. The number of nitrogens with zero attached hydrogens (tertiary/aromatic N) is 1. The zero-order valence-electron chi connectivity index (χ0n) is 19.1. The number of ether oxygens (including phenoxy) is 1. The van der Waals surface area contributed by atoms with Gasteiger partial charge in [-0.3, -0.25) is 4.79 Å². The van der Waals surface area contributed by atoms with Crippen molar-refractivity contribution < 1.29 is 14.3 Å². The molecule has 172 valence electrons. The molecule has 0 aliphatic carbocycles. The Bertz CT molecular complexity index is 1100. The Morgan fingerprint density at radius 2 is 1.61 bits per heavy atom. The summed E-state index contributed by atoms with van der Waals surface area (Å²) < 4.78 is 5.51. The predicted molar refractivity (Wildman–Crippen MR) is 132 cm³/mol. The molecule has 0 saturated carbocycles. The molecule has 0 bridgehead atoms. The number of anilines is 2. The predicted octanol–water partition coefficient (Wildman–Crippen LogP) is 5.39. The molecule has 0 atom stereocenters. The first-order valence-corrected chi connectivity index (χ1v) is 11.8. The highest BCUT2D eigenvalue weighted by Gasteiger charge is 2.30. The number of rotatable bonds is 4. The maximum Gasteiger partial charge on any atom is 0.410 e. The molecule has 2 amide bonds. The van der Waals surface area contributed by atoms with Crippen LogP contribution in [0.3, 0.4) is 0 Å². The summed E-state index contributed by atoms with van der Waals surface area (Å²) in [6.45, 7) is 6.52. The second-order valence-electron chi connectivity index (χ2n) is 9.14. The van der Waals surface area contributed by atoms with Crippen molar-refractivity contribution in [3.05, 3.63) is 82.2 Å². The summed E-state index contributed by atoms with van der Waals surface area (Å²) in [6, 6.07) is 19.4. The van der Waals surface area contributed by atoms with Gasteiger partial charge in [-0.15, -0.1) is 11.3 Å². The van der Waals surface area contributed by atoms with Crippen LogP contribution in [0.15, 0.2) is 60.7 Å². The van der Waals surface area contributed by atoms with Crippen LogP contribution in [0.4, 0.5) is 15.5 Å². The van der Waals surface area contributed by atoms with E-state index in [9.17, 15) is 9.59 Å². The van der Waals surface area contributed by atoms with Crippen molar-refractivity contribution in [1.29, 1.82) is 0 Å². The molecule has 1 aliphatic rings. The molecule has 7 heteroatoms. The molecule has 0 unspecified atom stereocenters. The lowest BCUT2D eigenvalue weighted by molar-refractivity contribution is -0.116. The van der Waals surface area contributed by atoms with Gasteiger partial charge in [-0.1, -0.05) is 60.7 Å². The number of hydrogen-bond acceptors (Lipinski definition) is 5. The molecule has 0 radical (unpaired) electrons. The van der Waals surface area contributed by atoms with Crippen molar-refractivity contribution in [3.8, 4) is 0 Å². The van der Waals surface area contributed by atoms with Gasteiger partial charge < -0.3 is 20.7 Å². The van der Waals surface area contributed by atoms with Crippen molar-refractivity contribution in [2.24, 2.45) is 0 Å². The summed E-state index contributed by atoms with van der Waals surface area (Å²) in [5, 5.41) is 3.70. The van der Waals surface area contributed by atoms with Gasteiger partial charge >= 0.3 is 6.09 Å². The fraction of sp³-hybridized carbons (Fsp3) is 0.308. The number of benzene rings is 2. The molecule has 3 aromatic rings. The number of nitrogen functional groups attached to an aromatic ring is 1. The van der Waals surface area contributed by atoms with Crippen molar-refractivity contribution >= 4 is 34.0 Å². The van der Waals surface area contributed by atoms with E-state index in [1.165, 1.54) is 11.3 Å². The average molecular weight is 464 g/mol. The van der Waals surface area contributed by atoms with Crippen LogP contribution in [-0.2, 0) is 22.5 Å². The number of nitrogens with two attached hydrogens (primary N) is 1. The molecule has 2 aromatic carbocycles. The monoisotopic (exact) mass is 463 g/mol. The molecule has 6 nitrogen and oxygen atoms in total. The van der Waals surface area contributed by atoms with Crippen LogP contribution in [0, 0.1) is 0 Å². The number of carbonyl (C=O) groups is 2. The number of amides is 2. The number of carbonyl (C=O) groups excluding carboxylic acids is 2. The molecule has 4 rings (SSSR count). The van der Waals surface area contributed by atoms with Gasteiger partial charge in [0.25, 0.3) is 0 Å². The van der Waals surface area contributed by atoms with E-state index < -0.39 is 11.5 Å². The average Bonchev–Trinajstić information content (AvgIpc) is 3.09. The first-order valence-electron chi connectivity index (χ1n) is 11.0. The molecule has 0 saturated heterocycles. The van der Waals surface area contributed by atoms with Crippen LogP contribution in [0.2, 0.25) is 0 Å². The first kappa shape index (κ1) is 22.9. The van der Waals surface area contributed by atoms with Crippen LogP contribution >= 0.6 is 11.3 Å². The molecule has 33 heavy (non-hydrogen) atoms. The van der Waals surface area contributed by atoms with Crippen molar-refractivity contribution in [3.63, 3.8) is 0 Å². The quantitative estimate of drug-likeness (QED) is 0.543. The van der Waals surface area contributed by atoms with Gasteiger partial charge in [-0.05, 0) is 43.9 Å². The van der Waals surface area contributed by atoms with E-state index in [4.69, 9.17) is 10.5 Å². The summed E-state index contributed by atoms with van der Waals surface area (Å²) in [5.74, 6) is -0.592. The lowest BCUT2D eigenvalue weighted by atomic mass is 9.90. The van der Waals surface area contributed by atoms with E-state index in [-0.39, 0.29) is 12.0 Å². The summed E-state index contributed by atoms with van der Waals surface area (Å²) in [6.07, 6.45) is 0.298. The second-order valence-corrected chi connectivity index (χ2v) is 10.2. The van der Waals surface area contributed by atoms with E-state index >= 15 is 0 Å². The van der Waals surface area contributed by atoms with E-state index in [1.807, 2.05) is 81.4 Å². The van der Waals surface area contributed by atoms with Gasteiger partial charge in [0.15, 0.2) is 0 Å². The maximum absolute atomic E-state index is 13.5. The number of fused-ring (bicyclic) bond motifs is 1. The summed E-state index contributed by atoms with van der Waals surface area (Å²) in [5.41, 5.74) is 9.31. The molecule has 1 aromatic heterocycles. The van der Waals surface area contributed by atoms with Gasteiger partial charge in [0, 0.05) is 11.4 Å². The molecular weight excluding hydrogens is 434 g/mol. The fourth-order valence-corrected chi connectivity index (χ4v) is 5.16. The van der Waals surface area contributed by atoms with Crippen molar-refractivity contribution in [2.45, 2.75) is 45.3 Å². The van der Waals surface area contributed by atoms with Gasteiger partial charge in [-0.2, -0.15) is 0 Å². The Hall–Kier alpha value is -3.32. The van der Waals surface area contributed by atoms with E-state index in [1.54, 1.807) is 4.90 Å². The largest absolute Gasteiger partial charge is 0.444 e. The minimum atomic E-state index is -0.547. The van der Waals surface area contributed by atoms with Crippen molar-refractivity contribution in [2.75, 3.05) is 17.6 Å². The summed E-state index contributed by atoms with van der Waals surface area (Å²) in [7, 11) is 0. The highest BCUT2D eigenvalue weighted by molar-refractivity contribution is 7.17.